The SMILES string of the molecule is Cc1ccc(-c2c(C)c3c(c(C)c2CC(=O)O)CN(C(=O)c2cc(C)c(F)c(F)c2)C3)cc1. The summed E-state index contributed by atoms with van der Waals surface area (Å²) in [5.74, 6) is -3.31. The van der Waals surface area contributed by atoms with Gasteiger partial charge in [0.2, 0.25) is 0 Å². The monoisotopic (exact) mass is 449 g/mol. The third kappa shape index (κ3) is 4.01. The van der Waals surface area contributed by atoms with Crippen LogP contribution < -0.4 is 0 Å². The molecule has 0 radical (unpaired) electrons. The fourth-order valence-corrected chi connectivity index (χ4v) is 4.72. The molecule has 6 heteroatoms. The zero-order valence-electron chi connectivity index (χ0n) is 19.1. The molecule has 170 valence electrons. The summed E-state index contributed by atoms with van der Waals surface area (Å²) in [5, 5.41) is 9.58. The molecule has 33 heavy (non-hydrogen) atoms. The van der Waals surface area contributed by atoms with E-state index >= 15 is 0 Å². The molecule has 0 atom stereocenters. The van der Waals surface area contributed by atoms with Crippen molar-refractivity contribution < 1.29 is 23.5 Å². The maximum atomic E-state index is 13.9. The third-order valence-corrected chi connectivity index (χ3v) is 6.51. The first-order valence-electron chi connectivity index (χ1n) is 10.8. The van der Waals surface area contributed by atoms with E-state index < -0.39 is 17.6 Å². The number of rotatable bonds is 4. The van der Waals surface area contributed by atoms with E-state index in [9.17, 15) is 23.5 Å². The second kappa shape index (κ2) is 8.43. The van der Waals surface area contributed by atoms with Gasteiger partial charge in [-0.3, -0.25) is 9.59 Å². The van der Waals surface area contributed by atoms with Gasteiger partial charge in [0.05, 0.1) is 6.42 Å². The minimum atomic E-state index is -1.05. The van der Waals surface area contributed by atoms with Gasteiger partial charge in [0.25, 0.3) is 5.91 Å². The molecule has 0 saturated heterocycles. The number of halogens is 2. The van der Waals surface area contributed by atoms with E-state index in [-0.39, 0.29) is 23.5 Å². The van der Waals surface area contributed by atoms with Crippen molar-refractivity contribution in [1.82, 2.24) is 4.90 Å². The fourth-order valence-electron chi connectivity index (χ4n) is 4.72. The molecule has 0 spiro atoms. The van der Waals surface area contributed by atoms with Crippen LogP contribution in [0, 0.1) is 39.3 Å². The molecule has 0 fully saturated rings. The number of nitrogens with zero attached hydrogens (tertiary/aromatic N) is 1. The van der Waals surface area contributed by atoms with Gasteiger partial charge < -0.3 is 10.0 Å². The highest BCUT2D eigenvalue weighted by Crippen LogP contribution is 2.40. The molecular formula is C27H25F2NO3. The van der Waals surface area contributed by atoms with Crippen molar-refractivity contribution in [3.8, 4) is 11.1 Å². The van der Waals surface area contributed by atoms with Gasteiger partial charge >= 0.3 is 5.97 Å². The summed E-state index contributed by atoms with van der Waals surface area (Å²) in [6.45, 7) is 7.88. The Morgan fingerprint density at radius 1 is 0.939 bits per heavy atom. The summed E-state index contributed by atoms with van der Waals surface area (Å²) >= 11 is 0. The highest BCUT2D eigenvalue weighted by atomic mass is 19.2. The maximum Gasteiger partial charge on any atom is 0.307 e. The minimum absolute atomic E-state index is 0.0767. The van der Waals surface area contributed by atoms with Crippen LogP contribution in [0.5, 0.6) is 0 Å². The molecule has 1 amide bonds. The lowest BCUT2D eigenvalue weighted by Crippen LogP contribution is -2.25. The largest absolute Gasteiger partial charge is 0.481 e. The van der Waals surface area contributed by atoms with Crippen molar-refractivity contribution in [3.05, 3.63) is 92.5 Å². The van der Waals surface area contributed by atoms with Crippen LogP contribution in [0.4, 0.5) is 8.78 Å². The second-order valence-corrected chi connectivity index (χ2v) is 8.75. The van der Waals surface area contributed by atoms with Crippen LogP contribution in [0.1, 0.15) is 49.3 Å². The predicted molar refractivity (Wildman–Crippen MR) is 122 cm³/mol. The first-order chi connectivity index (χ1) is 15.6. The zero-order valence-corrected chi connectivity index (χ0v) is 19.1. The van der Waals surface area contributed by atoms with Gasteiger partial charge in [-0.1, -0.05) is 29.8 Å². The number of hydrogen-bond acceptors (Lipinski definition) is 2. The number of hydrogen-bond donors (Lipinski definition) is 1. The Balaban J connectivity index is 1.80. The van der Waals surface area contributed by atoms with Crippen molar-refractivity contribution in [2.24, 2.45) is 0 Å². The number of carboxylic acids is 1. The van der Waals surface area contributed by atoms with Crippen LogP contribution in [-0.4, -0.2) is 21.9 Å². The van der Waals surface area contributed by atoms with Crippen LogP contribution in [0.3, 0.4) is 0 Å². The summed E-state index contributed by atoms with van der Waals surface area (Å²) in [6, 6.07) is 10.2. The lowest BCUT2D eigenvalue weighted by atomic mass is 9.84. The normalized spacial score (nSPS) is 12.7. The topological polar surface area (TPSA) is 57.6 Å². The number of benzene rings is 3. The van der Waals surface area contributed by atoms with Crippen LogP contribution in [-0.2, 0) is 24.3 Å². The second-order valence-electron chi connectivity index (χ2n) is 8.75. The summed E-state index contributed by atoms with van der Waals surface area (Å²) < 4.78 is 27.6. The van der Waals surface area contributed by atoms with Gasteiger partial charge in [-0.25, -0.2) is 8.78 Å². The first-order valence-corrected chi connectivity index (χ1v) is 10.8. The summed E-state index contributed by atoms with van der Waals surface area (Å²) in [4.78, 5) is 26.4. The van der Waals surface area contributed by atoms with Gasteiger partial charge in [-0.2, -0.15) is 0 Å². The Kier molecular flexibility index (Phi) is 5.78. The Labute approximate surface area is 191 Å². The van der Waals surface area contributed by atoms with Gasteiger partial charge in [-0.05, 0) is 84.3 Å². The van der Waals surface area contributed by atoms with Crippen LogP contribution in [0.25, 0.3) is 11.1 Å². The standard InChI is InChI=1S/C27H25F2NO3/c1-14-5-7-18(8-6-14)25-17(4)22-13-30(12-21(22)16(3)20(25)11-24(31)32)27(33)19-9-15(2)26(29)23(28)10-19/h5-10H,11-13H2,1-4H3,(H,31,32). The van der Waals surface area contributed by atoms with E-state index in [0.29, 0.717) is 13.1 Å². The molecule has 1 aliphatic heterocycles. The first kappa shape index (κ1) is 22.6. The third-order valence-electron chi connectivity index (χ3n) is 6.51. The molecule has 0 aromatic heterocycles. The highest BCUT2D eigenvalue weighted by Gasteiger charge is 2.31. The molecule has 1 N–H and O–H groups in total. The van der Waals surface area contributed by atoms with Gasteiger partial charge in [-0.15, -0.1) is 0 Å². The van der Waals surface area contributed by atoms with Crippen molar-refractivity contribution in [2.75, 3.05) is 0 Å². The number of carboxylic acid groups (broad SMARTS) is 1. The van der Waals surface area contributed by atoms with Gasteiger partial charge in [0.15, 0.2) is 11.6 Å². The molecule has 0 aliphatic carbocycles. The van der Waals surface area contributed by atoms with E-state index in [1.807, 2.05) is 45.0 Å². The molecule has 1 aliphatic rings. The maximum absolute atomic E-state index is 13.9. The number of amides is 1. The number of aryl methyl sites for hydroxylation is 2. The fraction of sp³-hybridized carbons (Fsp3) is 0.259. The number of carbonyl (C=O) groups excluding carboxylic acids is 1. The Morgan fingerprint density at radius 3 is 2.12 bits per heavy atom. The highest BCUT2D eigenvalue weighted by molar-refractivity contribution is 5.95. The number of carbonyl (C=O) groups is 2. The lowest BCUT2D eigenvalue weighted by Gasteiger charge is -2.19. The molecule has 0 saturated carbocycles. The quantitative estimate of drug-likeness (QED) is 0.560. The van der Waals surface area contributed by atoms with Crippen molar-refractivity contribution in [3.63, 3.8) is 0 Å². The smallest absolute Gasteiger partial charge is 0.307 e. The summed E-state index contributed by atoms with van der Waals surface area (Å²) in [6.07, 6.45) is -0.126. The average molecular weight is 449 g/mol. The van der Waals surface area contributed by atoms with Crippen LogP contribution in [0.15, 0.2) is 36.4 Å². The lowest BCUT2D eigenvalue weighted by molar-refractivity contribution is -0.136. The Morgan fingerprint density at radius 2 is 1.55 bits per heavy atom. The van der Waals surface area contributed by atoms with Crippen molar-refractivity contribution in [1.29, 1.82) is 0 Å². The average Bonchev–Trinajstić information content (AvgIpc) is 3.22. The summed E-state index contributed by atoms with van der Waals surface area (Å²) in [5.41, 5.74) is 7.52. The zero-order chi connectivity index (χ0) is 24.0. The Bertz CT molecular complexity index is 1270. The van der Waals surface area contributed by atoms with E-state index in [0.717, 1.165) is 50.6 Å². The number of fused-ring (bicyclic) bond motifs is 1. The molecule has 1 heterocycles. The molecule has 0 unspecified atom stereocenters. The van der Waals surface area contributed by atoms with Gasteiger partial charge in [0.1, 0.15) is 0 Å². The van der Waals surface area contributed by atoms with E-state index in [1.165, 1.54) is 13.0 Å². The number of aliphatic carboxylic acids is 1. The van der Waals surface area contributed by atoms with Gasteiger partial charge in [0, 0.05) is 18.7 Å². The molecule has 4 nitrogen and oxygen atoms in total. The molecule has 3 aromatic carbocycles. The van der Waals surface area contributed by atoms with Crippen molar-refractivity contribution >= 4 is 11.9 Å². The molecule has 3 aromatic rings. The van der Waals surface area contributed by atoms with E-state index in [2.05, 4.69) is 0 Å². The van der Waals surface area contributed by atoms with E-state index in [4.69, 9.17) is 0 Å². The minimum Gasteiger partial charge on any atom is -0.481 e. The Hall–Kier alpha value is -3.54. The van der Waals surface area contributed by atoms with Crippen molar-refractivity contribution in [2.45, 2.75) is 47.2 Å². The molecule has 4 rings (SSSR count). The van der Waals surface area contributed by atoms with Crippen LogP contribution in [0.2, 0.25) is 0 Å². The molecule has 0 bridgehead atoms. The van der Waals surface area contributed by atoms with Crippen LogP contribution >= 0.6 is 0 Å². The summed E-state index contributed by atoms with van der Waals surface area (Å²) in [7, 11) is 0. The molecular weight excluding hydrogens is 424 g/mol. The van der Waals surface area contributed by atoms with E-state index in [1.54, 1.807) is 4.90 Å². The predicted octanol–water partition coefficient (Wildman–Crippen LogP) is 5.65.